The van der Waals surface area contributed by atoms with E-state index in [1.165, 1.54) is 6.08 Å². The van der Waals surface area contributed by atoms with Gasteiger partial charge in [-0.3, -0.25) is 4.79 Å². The first-order chi connectivity index (χ1) is 15.5. The zero-order valence-corrected chi connectivity index (χ0v) is 18.7. The molecule has 4 nitrogen and oxygen atoms in total. The second-order valence-electron chi connectivity index (χ2n) is 6.86. The minimum atomic E-state index is -0.577. The van der Waals surface area contributed by atoms with Crippen molar-refractivity contribution in [3.8, 4) is 11.8 Å². The molecule has 0 aliphatic rings. The van der Waals surface area contributed by atoms with Gasteiger partial charge in [0.25, 0.3) is 5.91 Å². The summed E-state index contributed by atoms with van der Waals surface area (Å²) >= 11 is 12.1. The number of halogens is 2. The van der Waals surface area contributed by atoms with Crippen molar-refractivity contribution in [2.75, 3.05) is 5.32 Å². The molecule has 6 heteroatoms. The summed E-state index contributed by atoms with van der Waals surface area (Å²) in [6.07, 6.45) is 3.87. The highest BCUT2D eigenvalue weighted by Gasteiger charge is 2.13. The molecule has 3 aromatic carbocycles. The van der Waals surface area contributed by atoms with Gasteiger partial charge in [-0.15, -0.1) is 6.58 Å². The summed E-state index contributed by atoms with van der Waals surface area (Å²) in [7, 11) is 0. The van der Waals surface area contributed by atoms with E-state index < -0.39 is 5.91 Å². The summed E-state index contributed by atoms with van der Waals surface area (Å²) in [5.74, 6) is 0.144. The van der Waals surface area contributed by atoms with Gasteiger partial charge in [-0.05, 0) is 53.5 Å². The van der Waals surface area contributed by atoms with Crippen LogP contribution in [0, 0.1) is 11.3 Å². The number of nitriles is 1. The molecule has 1 N–H and O–H groups in total. The highest BCUT2D eigenvalue weighted by molar-refractivity contribution is 6.44. The van der Waals surface area contributed by atoms with Crippen LogP contribution in [-0.4, -0.2) is 5.91 Å². The van der Waals surface area contributed by atoms with E-state index in [1.54, 1.807) is 30.3 Å². The average molecular weight is 463 g/mol. The van der Waals surface area contributed by atoms with E-state index in [0.717, 1.165) is 16.9 Å². The van der Waals surface area contributed by atoms with Crippen molar-refractivity contribution < 1.29 is 9.53 Å². The van der Waals surface area contributed by atoms with Crippen LogP contribution in [0.3, 0.4) is 0 Å². The van der Waals surface area contributed by atoms with Crippen LogP contribution in [0.4, 0.5) is 5.69 Å². The Hall–Kier alpha value is -3.52. The Morgan fingerprint density at radius 3 is 2.59 bits per heavy atom. The Morgan fingerprint density at radius 1 is 1.09 bits per heavy atom. The normalized spacial score (nSPS) is 10.8. The molecule has 1 amide bonds. The van der Waals surface area contributed by atoms with Crippen LogP contribution in [0.25, 0.3) is 6.08 Å². The summed E-state index contributed by atoms with van der Waals surface area (Å²) in [6, 6.07) is 22.2. The first-order valence-corrected chi connectivity index (χ1v) is 10.5. The number of amides is 1. The SMILES string of the molecule is C=CCc1cc(/C=C(/C#N)C(=O)Nc2cccc(Cl)c2Cl)ccc1OCc1ccccc1. The predicted molar refractivity (Wildman–Crippen MR) is 130 cm³/mol. The zero-order valence-electron chi connectivity index (χ0n) is 17.1. The van der Waals surface area contributed by atoms with E-state index in [-0.39, 0.29) is 10.6 Å². The topological polar surface area (TPSA) is 62.1 Å². The van der Waals surface area contributed by atoms with Gasteiger partial charge >= 0.3 is 0 Å². The average Bonchev–Trinajstić information content (AvgIpc) is 2.80. The van der Waals surface area contributed by atoms with E-state index in [4.69, 9.17) is 27.9 Å². The first kappa shape index (κ1) is 23.1. The number of anilines is 1. The number of hydrogen-bond acceptors (Lipinski definition) is 3. The van der Waals surface area contributed by atoms with Gasteiger partial charge in [0.15, 0.2) is 0 Å². The Balaban J connectivity index is 1.81. The van der Waals surface area contributed by atoms with Gasteiger partial charge in [0, 0.05) is 0 Å². The third-order valence-corrected chi connectivity index (χ3v) is 5.38. The van der Waals surface area contributed by atoms with E-state index >= 15 is 0 Å². The standard InChI is InChI=1S/C26H20Cl2N2O2/c1-2-7-20-14-19(12-13-24(20)32-17-18-8-4-3-5-9-18)15-21(16-29)26(31)30-23-11-6-10-22(27)25(23)28/h2-6,8-15H,1,7,17H2,(H,30,31)/b21-15-. The quantitative estimate of drug-likeness (QED) is 0.226. The number of benzene rings is 3. The van der Waals surface area contributed by atoms with Gasteiger partial charge in [-0.2, -0.15) is 5.26 Å². The number of rotatable bonds is 8. The molecular weight excluding hydrogens is 443 g/mol. The highest BCUT2D eigenvalue weighted by Crippen LogP contribution is 2.30. The van der Waals surface area contributed by atoms with Gasteiger partial charge in [0.05, 0.1) is 15.7 Å². The summed E-state index contributed by atoms with van der Waals surface area (Å²) in [5.41, 5.74) is 2.92. The van der Waals surface area contributed by atoms with Crippen molar-refractivity contribution in [3.05, 3.63) is 112 Å². The molecule has 0 saturated heterocycles. The fraction of sp³-hybridized carbons (Fsp3) is 0.0769. The number of nitrogens with zero attached hydrogens (tertiary/aromatic N) is 1. The van der Waals surface area contributed by atoms with Crippen LogP contribution in [0.5, 0.6) is 5.75 Å². The molecule has 0 radical (unpaired) electrons. The monoisotopic (exact) mass is 462 g/mol. The fourth-order valence-electron chi connectivity index (χ4n) is 2.99. The van der Waals surface area contributed by atoms with Crippen LogP contribution in [0.2, 0.25) is 10.0 Å². The maximum absolute atomic E-state index is 12.6. The lowest BCUT2D eigenvalue weighted by molar-refractivity contribution is -0.112. The third-order valence-electron chi connectivity index (χ3n) is 4.56. The predicted octanol–water partition coefficient (Wildman–Crippen LogP) is 6.85. The second kappa shape index (κ2) is 11.2. The van der Waals surface area contributed by atoms with Crippen molar-refractivity contribution in [2.45, 2.75) is 13.0 Å². The van der Waals surface area contributed by atoms with Crippen LogP contribution >= 0.6 is 23.2 Å². The first-order valence-electron chi connectivity index (χ1n) is 9.79. The molecule has 0 aliphatic carbocycles. The number of carbonyl (C=O) groups excluding carboxylic acids is 1. The minimum Gasteiger partial charge on any atom is -0.489 e. The molecule has 0 spiro atoms. The van der Waals surface area contributed by atoms with Crippen LogP contribution in [-0.2, 0) is 17.8 Å². The molecular formula is C26H20Cl2N2O2. The third kappa shape index (κ3) is 6.01. The summed E-state index contributed by atoms with van der Waals surface area (Å²) < 4.78 is 5.97. The molecule has 0 heterocycles. The molecule has 0 saturated carbocycles. The molecule has 0 aliphatic heterocycles. The Kier molecular flexibility index (Phi) is 8.10. The largest absolute Gasteiger partial charge is 0.489 e. The minimum absolute atomic E-state index is 0.0662. The maximum atomic E-state index is 12.6. The second-order valence-corrected chi connectivity index (χ2v) is 7.64. The van der Waals surface area contributed by atoms with Gasteiger partial charge in [0.2, 0.25) is 0 Å². The molecule has 0 unspecified atom stereocenters. The van der Waals surface area contributed by atoms with Gasteiger partial charge in [0.1, 0.15) is 24.0 Å². The van der Waals surface area contributed by atoms with Gasteiger partial charge < -0.3 is 10.1 Å². The van der Waals surface area contributed by atoms with Crippen LogP contribution in [0.15, 0.2) is 85.0 Å². The molecule has 160 valence electrons. The molecule has 0 atom stereocenters. The van der Waals surface area contributed by atoms with E-state index in [2.05, 4.69) is 11.9 Å². The Morgan fingerprint density at radius 2 is 1.88 bits per heavy atom. The van der Waals surface area contributed by atoms with E-state index in [0.29, 0.717) is 29.3 Å². The van der Waals surface area contributed by atoms with Crippen molar-refractivity contribution >= 4 is 40.9 Å². The lowest BCUT2D eigenvalue weighted by Crippen LogP contribution is -2.13. The van der Waals surface area contributed by atoms with Gasteiger partial charge in [-0.1, -0.05) is 71.7 Å². The molecule has 0 aromatic heterocycles. The van der Waals surface area contributed by atoms with Crippen molar-refractivity contribution in [1.82, 2.24) is 0 Å². The molecule has 32 heavy (non-hydrogen) atoms. The molecule has 3 rings (SSSR count). The zero-order chi connectivity index (χ0) is 22.9. The smallest absolute Gasteiger partial charge is 0.266 e. The fourth-order valence-corrected chi connectivity index (χ4v) is 3.33. The van der Waals surface area contributed by atoms with Crippen molar-refractivity contribution in [1.29, 1.82) is 5.26 Å². The number of hydrogen-bond donors (Lipinski definition) is 1. The lowest BCUT2D eigenvalue weighted by atomic mass is 10.0. The molecule has 0 fully saturated rings. The summed E-state index contributed by atoms with van der Waals surface area (Å²) in [4.78, 5) is 12.6. The highest BCUT2D eigenvalue weighted by atomic mass is 35.5. The van der Waals surface area contributed by atoms with E-state index in [1.807, 2.05) is 48.5 Å². The van der Waals surface area contributed by atoms with E-state index in [9.17, 15) is 10.1 Å². The molecule has 0 bridgehead atoms. The summed E-state index contributed by atoms with van der Waals surface area (Å²) in [6.45, 7) is 4.24. The number of allylic oxidation sites excluding steroid dienone is 1. The Labute approximate surface area is 197 Å². The van der Waals surface area contributed by atoms with Crippen LogP contribution in [0.1, 0.15) is 16.7 Å². The van der Waals surface area contributed by atoms with Crippen molar-refractivity contribution in [3.63, 3.8) is 0 Å². The van der Waals surface area contributed by atoms with Crippen molar-refractivity contribution in [2.24, 2.45) is 0 Å². The number of nitrogens with one attached hydrogen (secondary N) is 1. The number of ether oxygens (including phenoxy) is 1. The molecule has 3 aromatic rings. The van der Waals surface area contributed by atoms with Gasteiger partial charge in [-0.25, -0.2) is 0 Å². The summed E-state index contributed by atoms with van der Waals surface area (Å²) in [5, 5.41) is 12.7. The lowest BCUT2D eigenvalue weighted by Gasteiger charge is -2.12. The van der Waals surface area contributed by atoms with Crippen LogP contribution < -0.4 is 10.1 Å². The number of carbonyl (C=O) groups is 1. The maximum Gasteiger partial charge on any atom is 0.266 e. The Bertz CT molecular complexity index is 1200.